The van der Waals surface area contributed by atoms with E-state index in [4.69, 9.17) is 4.18 Å². The normalized spacial score (nSPS) is 29.9. The number of hydrogen-bond donors (Lipinski definition) is 0. The first-order valence-corrected chi connectivity index (χ1v) is 9.47. The molecule has 3 rings (SSSR count). The summed E-state index contributed by atoms with van der Waals surface area (Å²) in [6, 6.07) is 6.93. The lowest BCUT2D eigenvalue weighted by Gasteiger charge is -2.40. The van der Waals surface area contributed by atoms with Gasteiger partial charge in [0.05, 0.1) is 11.0 Å². The largest absolute Gasteiger partial charge is 0.297 e. The van der Waals surface area contributed by atoms with Gasteiger partial charge in [-0.05, 0) is 50.2 Å². The zero-order chi connectivity index (χ0) is 14.9. The molecule has 0 saturated heterocycles. The van der Waals surface area contributed by atoms with Crippen molar-refractivity contribution in [1.29, 1.82) is 0 Å². The summed E-state index contributed by atoms with van der Waals surface area (Å²) in [5.41, 5.74) is 1.05. The maximum Gasteiger partial charge on any atom is 0.297 e. The van der Waals surface area contributed by atoms with Crippen LogP contribution in [-0.4, -0.2) is 14.5 Å². The van der Waals surface area contributed by atoms with Crippen molar-refractivity contribution in [2.24, 2.45) is 11.8 Å². The van der Waals surface area contributed by atoms with Gasteiger partial charge in [-0.25, -0.2) is 0 Å². The van der Waals surface area contributed by atoms with Crippen LogP contribution < -0.4 is 0 Å². The molecular formula is C17H24O3S. The van der Waals surface area contributed by atoms with Crippen molar-refractivity contribution >= 4 is 10.1 Å². The first-order valence-electron chi connectivity index (χ1n) is 8.06. The van der Waals surface area contributed by atoms with E-state index in [-0.39, 0.29) is 11.0 Å². The summed E-state index contributed by atoms with van der Waals surface area (Å²) in [6.45, 7) is 1.95. The Bertz CT molecular complexity index is 575. The van der Waals surface area contributed by atoms with Gasteiger partial charge in [0, 0.05) is 0 Å². The minimum atomic E-state index is -3.63. The molecule has 0 radical (unpaired) electrons. The summed E-state index contributed by atoms with van der Waals surface area (Å²) in [6.07, 6.45) is 7.98. The fraction of sp³-hybridized carbons (Fsp3) is 0.647. The summed E-state index contributed by atoms with van der Waals surface area (Å²) in [7, 11) is -3.63. The molecule has 0 N–H and O–H groups in total. The van der Waals surface area contributed by atoms with Crippen molar-refractivity contribution in [2.75, 3.05) is 0 Å². The van der Waals surface area contributed by atoms with Crippen LogP contribution in [0, 0.1) is 18.8 Å². The fourth-order valence-corrected chi connectivity index (χ4v) is 5.07. The SMILES string of the molecule is Cc1ccc(S(=O)(=O)O[C@@H]2CCC[C@@H]3CCCC[C@@H]32)cc1. The summed E-state index contributed by atoms with van der Waals surface area (Å²) >= 11 is 0. The highest BCUT2D eigenvalue weighted by atomic mass is 32.2. The second-order valence-electron chi connectivity index (χ2n) is 6.54. The zero-order valence-electron chi connectivity index (χ0n) is 12.6. The third-order valence-electron chi connectivity index (χ3n) is 5.07. The van der Waals surface area contributed by atoms with Crippen molar-refractivity contribution in [3.63, 3.8) is 0 Å². The maximum atomic E-state index is 12.5. The molecule has 3 atom stereocenters. The van der Waals surface area contributed by atoms with Gasteiger partial charge in [-0.15, -0.1) is 0 Å². The lowest BCUT2D eigenvalue weighted by molar-refractivity contribution is 0.0320. The highest BCUT2D eigenvalue weighted by molar-refractivity contribution is 7.86. The van der Waals surface area contributed by atoms with Crippen LogP contribution in [0.1, 0.15) is 50.5 Å². The van der Waals surface area contributed by atoms with Crippen molar-refractivity contribution in [1.82, 2.24) is 0 Å². The number of rotatable bonds is 3. The minimum Gasteiger partial charge on any atom is -0.263 e. The molecular weight excluding hydrogens is 284 g/mol. The number of hydrogen-bond acceptors (Lipinski definition) is 3. The van der Waals surface area contributed by atoms with Gasteiger partial charge in [-0.2, -0.15) is 8.42 Å². The van der Waals surface area contributed by atoms with E-state index in [0.717, 1.165) is 24.8 Å². The quantitative estimate of drug-likeness (QED) is 0.791. The van der Waals surface area contributed by atoms with Crippen molar-refractivity contribution in [3.05, 3.63) is 29.8 Å². The van der Waals surface area contributed by atoms with E-state index in [1.807, 2.05) is 19.1 Å². The van der Waals surface area contributed by atoms with Crippen LogP contribution in [0.4, 0.5) is 0 Å². The van der Waals surface area contributed by atoms with Gasteiger partial charge >= 0.3 is 0 Å². The molecule has 21 heavy (non-hydrogen) atoms. The van der Waals surface area contributed by atoms with E-state index < -0.39 is 10.1 Å². The van der Waals surface area contributed by atoms with E-state index in [0.29, 0.717) is 11.8 Å². The molecule has 3 nitrogen and oxygen atoms in total. The molecule has 0 amide bonds. The van der Waals surface area contributed by atoms with E-state index in [1.54, 1.807) is 12.1 Å². The van der Waals surface area contributed by atoms with Crippen molar-refractivity contribution in [2.45, 2.75) is 62.9 Å². The Hall–Kier alpha value is -0.870. The second kappa shape index (κ2) is 6.09. The standard InChI is InChI=1S/C17H24O3S/c1-13-9-11-15(12-10-13)21(18,19)20-17-8-4-6-14-5-2-3-7-16(14)17/h9-12,14,16-17H,2-8H2,1H3/t14-,16-,17+/m0/s1. The minimum absolute atomic E-state index is 0.115. The summed E-state index contributed by atoms with van der Waals surface area (Å²) < 4.78 is 30.6. The first kappa shape index (κ1) is 15.0. The molecule has 0 aromatic heterocycles. The Kier molecular flexibility index (Phi) is 4.36. The summed E-state index contributed by atoms with van der Waals surface area (Å²) in [5.74, 6) is 1.11. The molecule has 1 aromatic carbocycles. The molecule has 2 saturated carbocycles. The van der Waals surface area contributed by atoms with Crippen LogP contribution in [-0.2, 0) is 14.3 Å². The fourth-order valence-electron chi connectivity index (χ4n) is 3.92. The molecule has 0 heterocycles. The Labute approximate surface area is 127 Å². The third-order valence-corrected chi connectivity index (χ3v) is 6.42. The molecule has 2 aliphatic rings. The topological polar surface area (TPSA) is 43.4 Å². The predicted octanol–water partition coefficient (Wildman–Crippen LogP) is 4.06. The molecule has 4 heteroatoms. The van der Waals surface area contributed by atoms with E-state index >= 15 is 0 Å². The van der Waals surface area contributed by atoms with Crippen LogP contribution >= 0.6 is 0 Å². The van der Waals surface area contributed by atoms with E-state index in [1.165, 1.54) is 25.7 Å². The second-order valence-corrected chi connectivity index (χ2v) is 8.11. The Morgan fingerprint density at radius 2 is 1.62 bits per heavy atom. The molecule has 0 unspecified atom stereocenters. The average Bonchev–Trinajstić information content (AvgIpc) is 2.48. The lowest BCUT2D eigenvalue weighted by atomic mass is 9.69. The van der Waals surface area contributed by atoms with Gasteiger partial charge in [0.1, 0.15) is 0 Å². The third kappa shape index (κ3) is 3.32. The number of fused-ring (bicyclic) bond motifs is 1. The number of benzene rings is 1. The first-order chi connectivity index (χ1) is 10.1. The van der Waals surface area contributed by atoms with Gasteiger partial charge < -0.3 is 0 Å². The van der Waals surface area contributed by atoms with Crippen LogP contribution in [0.3, 0.4) is 0 Å². The van der Waals surface area contributed by atoms with Crippen LogP contribution in [0.15, 0.2) is 29.2 Å². The van der Waals surface area contributed by atoms with Gasteiger partial charge in [-0.3, -0.25) is 4.18 Å². The summed E-state index contributed by atoms with van der Waals surface area (Å²) in [4.78, 5) is 0.283. The highest BCUT2D eigenvalue weighted by Gasteiger charge is 2.38. The van der Waals surface area contributed by atoms with E-state index in [9.17, 15) is 8.42 Å². The molecule has 0 spiro atoms. The van der Waals surface area contributed by atoms with Gasteiger partial charge in [-0.1, -0.05) is 43.4 Å². The van der Waals surface area contributed by atoms with Crippen LogP contribution in [0.2, 0.25) is 0 Å². The summed E-state index contributed by atoms with van der Waals surface area (Å²) in [5, 5.41) is 0. The molecule has 0 bridgehead atoms. The molecule has 2 fully saturated rings. The molecule has 0 aliphatic heterocycles. The maximum absolute atomic E-state index is 12.5. The van der Waals surface area contributed by atoms with Crippen molar-refractivity contribution in [3.8, 4) is 0 Å². The average molecular weight is 308 g/mol. The Balaban J connectivity index is 1.76. The highest BCUT2D eigenvalue weighted by Crippen LogP contribution is 2.42. The van der Waals surface area contributed by atoms with E-state index in [2.05, 4.69) is 0 Å². The van der Waals surface area contributed by atoms with Crippen LogP contribution in [0.25, 0.3) is 0 Å². The Morgan fingerprint density at radius 3 is 2.38 bits per heavy atom. The lowest BCUT2D eigenvalue weighted by Crippen LogP contribution is -2.37. The van der Waals surface area contributed by atoms with Crippen LogP contribution in [0.5, 0.6) is 0 Å². The number of aryl methyl sites for hydroxylation is 1. The van der Waals surface area contributed by atoms with Gasteiger partial charge in [0.25, 0.3) is 10.1 Å². The van der Waals surface area contributed by atoms with Gasteiger partial charge in [0.2, 0.25) is 0 Å². The van der Waals surface area contributed by atoms with Gasteiger partial charge in [0.15, 0.2) is 0 Å². The molecule has 116 valence electrons. The van der Waals surface area contributed by atoms with Crippen molar-refractivity contribution < 1.29 is 12.6 Å². The Morgan fingerprint density at radius 1 is 0.952 bits per heavy atom. The molecule has 1 aromatic rings. The molecule has 2 aliphatic carbocycles. The smallest absolute Gasteiger partial charge is 0.263 e. The zero-order valence-corrected chi connectivity index (χ0v) is 13.4. The monoisotopic (exact) mass is 308 g/mol. The predicted molar refractivity (Wildman–Crippen MR) is 82.5 cm³/mol.